The summed E-state index contributed by atoms with van der Waals surface area (Å²) in [5, 5.41) is 3.32. The topological polar surface area (TPSA) is 72.5 Å². The van der Waals surface area contributed by atoms with Gasteiger partial charge >= 0.3 is 5.97 Å². The Morgan fingerprint density at radius 3 is 2.31 bits per heavy atom. The standard InChI is InChI=1S/C19H17Cl2NO4/c1-11(23)13-5-3-6-14(9-13)22-19(25)12(2)26-18(24)10-15-16(20)7-4-8-17(15)21/h3-9,12H,10H2,1-2H3,(H,22,25)/t12-/m1/s1. The SMILES string of the molecule is CC(=O)c1cccc(NC(=O)[C@@H](C)OC(=O)Cc2c(Cl)cccc2Cl)c1. The predicted molar refractivity (Wildman–Crippen MR) is 101 cm³/mol. The van der Waals surface area contributed by atoms with E-state index in [-0.39, 0.29) is 12.2 Å². The van der Waals surface area contributed by atoms with Crippen LogP contribution in [0.1, 0.15) is 29.8 Å². The molecule has 0 fully saturated rings. The number of ketones is 1. The van der Waals surface area contributed by atoms with Gasteiger partial charge in [0.25, 0.3) is 5.91 Å². The minimum absolute atomic E-state index is 0.114. The number of carbonyl (C=O) groups is 3. The second-order valence-electron chi connectivity index (χ2n) is 5.64. The summed E-state index contributed by atoms with van der Waals surface area (Å²) < 4.78 is 5.14. The molecule has 2 aromatic rings. The molecule has 2 rings (SSSR count). The normalized spacial score (nSPS) is 11.5. The Morgan fingerprint density at radius 2 is 1.69 bits per heavy atom. The van der Waals surface area contributed by atoms with Gasteiger partial charge in [-0.2, -0.15) is 0 Å². The number of benzene rings is 2. The maximum Gasteiger partial charge on any atom is 0.311 e. The zero-order valence-corrected chi connectivity index (χ0v) is 15.7. The van der Waals surface area contributed by atoms with E-state index in [4.69, 9.17) is 27.9 Å². The van der Waals surface area contributed by atoms with Crippen LogP contribution in [0.5, 0.6) is 0 Å². The van der Waals surface area contributed by atoms with Gasteiger partial charge in [0.2, 0.25) is 0 Å². The van der Waals surface area contributed by atoms with Crippen molar-refractivity contribution < 1.29 is 19.1 Å². The fraction of sp³-hybridized carbons (Fsp3) is 0.211. The van der Waals surface area contributed by atoms with E-state index in [1.807, 2.05) is 0 Å². The third-order valence-electron chi connectivity index (χ3n) is 3.60. The number of rotatable bonds is 6. The predicted octanol–water partition coefficient (Wildman–Crippen LogP) is 4.31. The monoisotopic (exact) mass is 393 g/mol. The first-order valence-electron chi connectivity index (χ1n) is 7.82. The summed E-state index contributed by atoms with van der Waals surface area (Å²) >= 11 is 12.0. The molecule has 0 saturated carbocycles. The molecule has 1 atom stereocenters. The number of Topliss-reactive ketones (excluding diaryl/α,β-unsaturated/α-hetero) is 1. The Bertz CT molecular complexity index is 831. The molecular weight excluding hydrogens is 377 g/mol. The van der Waals surface area contributed by atoms with Gasteiger partial charge in [0.15, 0.2) is 11.9 Å². The van der Waals surface area contributed by atoms with E-state index in [1.165, 1.54) is 13.8 Å². The van der Waals surface area contributed by atoms with Gasteiger partial charge in [0, 0.05) is 26.9 Å². The summed E-state index contributed by atoms with van der Waals surface area (Å²) in [7, 11) is 0. The molecule has 0 saturated heterocycles. The molecular formula is C19H17Cl2NO4. The van der Waals surface area contributed by atoms with Crippen molar-refractivity contribution in [2.75, 3.05) is 5.32 Å². The lowest BCUT2D eigenvalue weighted by Crippen LogP contribution is -2.30. The summed E-state index contributed by atoms with van der Waals surface area (Å²) in [5.41, 5.74) is 1.36. The van der Waals surface area contributed by atoms with Crippen LogP contribution in [0.4, 0.5) is 5.69 Å². The van der Waals surface area contributed by atoms with Crippen molar-refractivity contribution >= 4 is 46.5 Å². The molecule has 0 aliphatic carbocycles. The zero-order chi connectivity index (χ0) is 19.3. The lowest BCUT2D eigenvalue weighted by molar-refractivity contribution is -0.152. The maximum atomic E-state index is 12.2. The average molecular weight is 394 g/mol. The molecule has 0 aliphatic rings. The summed E-state index contributed by atoms with van der Waals surface area (Å²) in [6, 6.07) is 11.4. The Morgan fingerprint density at radius 1 is 1.08 bits per heavy atom. The summed E-state index contributed by atoms with van der Waals surface area (Å²) in [6.07, 6.45) is -1.17. The number of hydrogen-bond acceptors (Lipinski definition) is 4. The first kappa shape index (κ1) is 19.9. The minimum Gasteiger partial charge on any atom is -0.452 e. The van der Waals surface area contributed by atoms with Crippen LogP contribution in [0.15, 0.2) is 42.5 Å². The highest BCUT2D eigenvalue weighted by molar-refractivity contribution is 6.36. The van der Waals surface area contributed by atoms with Crippen molar-refractivity contribution in [3.8, 4) is 0 Å². The molecule has 0 aliphatic heterocycles. The van der Waals surface area contributed by atoms with E-state index in [9.17, 15) is 14.4 Å². The fourth-order valence-corrected chi connectivity index (χ4v) is 2.73. The highest BCUT2D eigenvalue weighted by Gasteiger charge is 2.20. The van der Waals surface area contributed by atoms with E-state index in [2.05, 4.69) is 5.32 Å². The molecule has 0 unspecified atom stereocenters. The third kappa shape index (κ3) is 5.31. The van der Waals surface area contributed by atoms with Crippen molar-refractivity contribution in [1.29, 1.82) is 0 Å². The Labute approximate surface area is 161 Å². The van der Waals surface area contributed by atoms with Crippen molar-refractivity contribution in [1.82, 2.24) is 0 Å². The molecule has 26 heavy (non-hydrogen) atoms. The van der Waals surface area contributed by atoms with Crippen molar-refractivity contribution in [3.63, 3.8) is 0 Å². The number of anilines is 1. The summed E-state index contributed by atoms with van der Waals surface area (Å²) in [4.78, 5) is 35.6. The van der Waals surface area contributed by atoms with Crippen LogP contribution in [0.3, 0.4) is 0 Å². The quantitative estimate of drug-likeness (QED) is 0.586. The van der Waals surface area contributed by atoms with Crippen LogP contribution in [0.25, 0.3) is 0 Å². The van der Waals surface area contributed by atoms with Crippen molar-refractivity contribution in [2.45, 2.75) is 26.4 Å². The highest BCUT2D eigenvalue weighted by atomic mass is 35.5. The number of esters is 1. The fourth-order valence-electron chi connectivity index (χ4n) is 2.20. The Hall–Kier alpha value is -2.37. The van der Waals surface area contributed by atoms with E-state index in [0.717, 1.165) is 0 Å². The highest BCUT2D eigenvalue weighted by Crippen LogP contribution is 2.25. The Balaban J connectivity index is 1.97. The number of hydrogen-bond donors (Lipinski definition) is 1. The van der Waals surface area contributed by atoms with Crippen LogP contribution in [-0.4, -0.2) is 23.8 Å². The van der Waals surface area contributed by atoms with Crippen molar-refractivity contribution in [2.24, 2.45) is 0 Å². The van der Waals surface area contributed by atoms with Gasteiger partial charge in [-0.1, -0.05) is 41.4 Å². The van der Waals surface area contributed by atoms with Crippen molar-refractivity contribution in [3.05, 3.63) is 63.6 Å². The van der Waals surface area contributed by atoms with E-state index in [1.54, 1.807) is 42.5 Å². The van der Waals surface area contributed by atoms with Gasteiger partial charge in [0.1, 0.15) is 0 Å². The summed E-state index contributed by atoms with van der Waals surface area (Å²) in [6.45, 7) is 2.89. The number of halogens is 2. The van der Waals surface area contributed by atoms with E-state index < -0.39 is 18.0 Å². The molecule has 136 valence electrons. The molecule has 5 nitrogen and oxygen atoms in total. The average Bonchev–Trinajstić information content (AvgIpc) is 2.58. The van der Waals surface area contributed by atoms with Gasteiger partial charge in [0.05, 0.1) is 6.42 Å². The maximum absolute atomic E-state index is 12.2. The molecule has 2 aromatic carbocycles. The summed E-state index contributed by atoms with van der Waals surface area (Å²) in [5.74, 6) is -1.25. The van der Waals surface area contributed by atoms with Gasteiger partial charge in [-0.15, -0.1) is 0 Å². The van der Waals surface area contributed by atoms with Gasteiger partial charge in [-0.3, -0.25) is 14.4 Å². The Kier molecular flexibility index (Phi) is 6.77. The van der Waals surface area contributed by atoms with E-state index >= 15 is 0 Å². The first-order chi connectivity index (χ1) is 12.3. The van der Waals surface area contributed by atoms with Crippen LogP contribution in [0, 0.1) is 0 Å². The number of amides is 1. The molecule has 0 radical (unpaired) electrons. The lowest BCUT2D eigenvalue weighted by atomic mass is 10.1. The van der Waals surface area contributed by atoms with Gasteiger partial charge < -0.3 is 10.1 Å². The van der Waals surface area contributed by atoms with Crippen LogP contribution >= 0.6 is 23.2 Å². The number of ether oxygens (including phenoxy) is 1. The molecule has 7 heteroatoms. The van der Waals surface area contributed by atoms with E-state index in [0.29, 0.717) is 26.9 Å². The van der Waals surface area contributed by atoms with Crippen LogP contribution < -0.4 is 5.32 Å². The smallest absolute Gasteiger partial charge is 0.311 e. The largest absolute Gasteiger partial charge is 0.452 e. The van der Waals surface area contributed by atoms with Gasteiger partial charge in [-0.05, 0) is 38.1 Å². The lowest BCUT2D eigenvalue weighted by Gasteiger charge is -2.14. The molecule has 0 aromatic heterocycles. The number of nitrogens with one attached hydrogen (secondary N) is 1. The van der Waals surface area contributed by atoms with Gasteiger partial charge in [-0.25, -0.2) is 0 Å². The van der Waals surface area contributed by atoms with Crippen LogP contribution in [0.2, 0.25) is 10.0 Å². The second-order valence-corrected chi connectivity index (χ2v) is 6.45. The first-order valence-corrected chi connectivity index (χ1v) is 8.57. The molecule has 0 heterocycles. The molecule has 0 spiro atoms. The number of carbonyl (C=O) groups excluding carboxylic acids is 3. The third-order valence-corrected chi connectivity index (χ3v) is 4.31. The molecule has 1 N–H and O–H groups in total. The van der Waals surface area contributed by atoms with Crippen LogP contribution in [-0.2, 0) is 20.7 Å². The minimum atomic E-state index is -1.02. The molecule has 0 bridgehead atoms. The zero-order valence-electron chi connectivity index (χ0n) is 14.2. The molecule has 1 amide bonds. The second kappa shape index (κ2) is 8.83.